The predicted octanol–water partition coefficient (Wildman–Crippen LogP) is 1.75. The van der Waals surface area contributed by atoms with E-state index in [1.165, 1.54) is 4.90 Å². The number of fused-ring (bicyclic) bond motifs is 1. The largest absolute Gasteiger partial charge is 0.477 e. The van der Waals surface area contributed by atoms with E-state index in [4.69, 9.17) is 4.74 Å². The summed E-state index contributed by atoms with van der Waals surface area (Å²) < 4.78 is 5.66. The molecule has 3 rings (SSSR count). The molecular formula is C18H16N2O4. The fourth-order valence-corrected chi connectivity index (χ4v) is 2.65. The van der Waals surface area contributed by atoms with Gasteiger partial charge in [-0.15, -0.1) is 0 Å². The van der Waals surface area contributed by atoms with Crippen LogP contribution in [0.3, 0.4) is 0 Å². The molecule has 1 aromatic rings. The van der Waals surface area contributed by atoms with Crippen molar-refractivity contribution in [3.63, 3.8) is 0 Å². The van der Waals surface area contributed by atoms with Crippen LogP contribution in [0.5, 0.6) is 0 Å². The standard InChI is InChI=1S/C18H16N2O4/c1-12-9-13(11-21)10-16(19(12)2)24-8-7-20-17(22)14-5-3-4-6-15(14)18(20)23/h3-6,9-10H,7-8H2,1-2H3. The summed E-state index contributed by atoms with van der Waals surface area (Å²) in [6.07, 6.45) is 3.27. The average Bonchev–Trinajstić information content (AvgIpc) is 2.83. The minimum absolute atomic E-state index is 0.139. The zero-order valence-electron chi connectivity index (χ0n) is 13.4. The maximum absolute atomic E-state index is 12.3. The van der Waals surface area contributed by atoms with Crippen molar-refractivity contribution in [3.8, 4) is 0 Å². The van der Waals surface area contributed by atoms with Crippen LogP contribution in [0.15, 0.2) is 53.6 Å². The fourth-order valence-electron chi connectivity index (χ4n) is 2.65. The first-order chi connectivity index (χ1) is 11.5. The Morgan fingerprint density at radius 2 is 1.71 bits per heavy atom. The van der Waals surface area contributed by atoms with Crippen LogP contribution in [-0.2, 0) is 9.53 Å². The normalized spacial score (nSPS) is 16.7. The number of rotatable bonds is 4. The molecule has 0 aliphatic carbocycles. The number of imide groups is 1. The summed E-state index contributed by atoms with van der Waals surface area (Å²) >= 11 is 0. The van der Waals surface area contributed by atoms with Gasteiger partial charge in [0.05, 0.1) is 23.2 Å². The van der Waals surface area contributed by atoms with Gasteiger partial charge in [0.1, 0.15) is 12.5 Å². The SMILES string of the molecule is CC1=CC(=C=O)C=C(OCCN2C(=O)c3ccccc3C2=O)N1C. The average molecular weight is 324 g/mol. The highest BCUT2D eigenvalue weighted by Crippen LogP contribution is 2.23. The number of ether oxygens (including phenoxy) is 1. The lowest BCUT2D eigenvalue weighted by Gasteiger charge is -2.26. The van der Waals surface area contributed by atoms with Gasteiger partial charge in [-0.2, -0.15) is 0 Å². The zero-order valence-corrected chi connectivity index (χ0v) is 13.4. The summed E-state index contributed by atoms with van der Waals surface area (Å²) in [6, 6.07) is 6.74. The van der Waals surface area contributed by atoms with Crippen LogP contribution in [-0.4, -0.2) is 47.8 Å². The van der Waals surface area contributed by atoms with Crippen LogP contribution in [0.4, 0.5) is 0 Å². The molecule has 0 bridgehead atoms. The highest BCUT2D eigenvalue weighted by Gasteiger charge is 2.34. The molecule has 0 radical (unpaired) electrons. The summed E-state index contributed by atoms with van der Waals surface area (Å²) in [5.41, 5.74) is 2.07. The Morgan fingerprint density at radius 3 is 2.29 bits per heavy atom. The second-order valence-electron chi connectivity index (χ2n) is 5.54. The summed E-state index contributed by atoms with van der Waals surface area (Å²) in [4.78, 5) is 38.3. The Kier molecular flexibility index (Phi) is 4.06. The van der Waals surface area contributed by atoms with Crippen LogP contribution >= 0.6 is 0 Å². The molecule has 0 atom stereocenters. The third-order valence-corrected chi connectivity index (χ3v) is 4.06. The van der Waals surface area contributed by atoms with Crippen LogP contribution < -0.4 is 0 Å². The molecule has 6 heteroatoms. The molecule has 0 fully saturated rings. The topological polar surface area (TPSA) is 66.9 Å². The maximum Gasteiger partial charge on any atom is 0.261 e. The van der Waals surface area contributed by atoms with Crippen molar-refractivity contribution in [2.75, 3.05) is 20.2 Å². The molecule has 0 aromatic heterocycles. The van der Waals surface area contributed by atoms with Crippen molar-refractivity contribution in [3.05, 3.63) is 64.7 Å². The van der Waals surface area contributed by atoms with Crippen LogP contribution in [0, 0.1) is 0 Å². The fraction of sp³-hybridized carbons (Fsp3) is 0.222. The van der Waals surface area contributed by atoms with Crippen LogP contribution in [0.25, 0.3) is 0 Å². The van der Waals surface area contributed by atoms with Gasteiger partial charge in [0.2, 0.25) is 0 Å². The van der Waals surface area contributed by atoms with Crippen molar-refractivity contribution in [1.29, 1.82) is 0 Å². The first-order valence-corrected chi connectivity index (χ1v) is 7.50. The van der Waals surface area contributed by atoms with E-state index in [-0.39, 0.29) is 25.0 Å². The van der Waals surface area contributed by atoms with Crippen LogP contribution in [0.1, 0.15) is 27.6 Å². The van der Waals surface area contributed by atoms with E-state index >= 15 is 0 Å². The van der Waals surface area contributed by atoms with Crippen molar-refractivity contribution in [2.45, 2.75) is 6.92 Å². The van der Waals surface area contributed by atoms with Crippen LogP contribution in [0.2, 0.25) is 0 Å². The van der Waals surface area contributed by atoms with Gasteiger partial charge in [-0.3, -0.25) is 14.5 Å². The van der Waals surface area contributed by atoms with Gasteiger partial charge in [0.15, 0.2) is 5.88 Å². The highest BCUT2D eigenvalue weighted by atomic mass is 16.5. The Morgan fingerprint density at radius 1 is 1.08 bits per heavy atom. The Labute approximate surface area is 139 Å². The number of carbonyl (C=O) groups is 2. The lowest BCUT2D eigenvalue weighted by molar-refractivity contribution is 0.0580. The molecule has 2 aliphatic heterocycles. The molecule has 2 aliphatic rings. The first-order valence-electron chi connectivity index (χ1n) is 7.50. The molecular weight excluding hydrogens is 308 g/mol. The van der Waals surface area contributed by atoms with Crippen molar-refractivity contribution in [2.24, 2.45) is 0 Å². The van der Waals surface area contributed by atoms with Gasteiger partial charge in [-0.25, -0.2) is 4.79 Å². The maximum atomic E-state index is 12.3. The molecule has 2 heterocycles. The van der Waals surface area contributed by atoms with E-state index in [0.29, 0.717) is 22.6 Å². The van der Waals surface area contributed by atoms with Crippen molar-refractivity contribution >= 4 is 17.8 Å². The van der Waals surface area contributed by atoms with Gasteiger partial charge in [-0.05, 0) is 25.1 Å². The van der Waals surface area contributed by atoms with Crippen molar-refractivity contribution in [1.82, 2.24) is 9.80 Å². The number of hydrogen-bond acceptors (Lipinski definition) is 5. The van der Waals surface area contributed by atoms with E-state index in [9.17, 15) is 14.4 Å². The molecule has 122 valence electrons. The number of nitrogens with zero attached hydrogens (tertiary/aromatic N) is 2. The second-order valence-corrected chi connectivity index (χ2v) is 5.54. The summed E-state index contributed by atoms with van der Waals surface area (Å²) in [6.45, 7) is 2.12. The van der Waals surface area contributed by atoms with E-state index in [0.717, 1.165) is 5.70 Å². The zero-order chi connectivity index (χ0) is 17.3. The van der Waals surface area contributed by atoms with Gasteiger partial charge >= 0.3 is 0 Å². The summed E-state index contributed by atoms with van der Waals surface area (Å²) in [5, 5.41) is 0. The third kappa shape index (κ3) is 2.64. The molecule has 1 aromatic carbocycles. The van der Waals surface area contributed by atoms with Gasteiger partial charge in [-0.1, -0.05) is 12.1 Å². The second kappa shape index (κ2) is 6.18. The monoisotopic (exact) mass is 324 g/mol. The van der Waals surface area contributed by atoms with Gasteiger partial charge < -0.3 is 9.64 Å². The Balaban J connectivity index is 1.66. The number of hydrogen-bond donors (Lipinski definition) is 0. The minimum Gasteiger partial charge on any atom is -0.477 e. The van der Waals surface area contributed by atoms with Gasteiger partial charge in [0.25, 0.3) is 11.8 Å². The lowest BCUT2D eigenvalue weighted by atomic mass is 10.1. The van der Waals surface area contributed by atoms with Gasteiger partial charge in [0, 0.05) is 18.8 Å². The van der Waals surface area contributed by atoms with E-state index in [1.54, 1.807) is 48.4 Å². The van der Waals surface area contributed by atoms with E-state index in [1.807, 2.05) is 12.9 Å². The molecule has 0 N–H and O–H groups in total. The molecule has 6 nitrogen and oxygen atoms in total. The molecule has 24 heavy (non-hydrogen) atoms. The predicted molar refractivity (Wildman–Crippen MR) is 86.6 cm³/mol. The molecule has 0 saturated heterocycles. The number of amides is 2. The third-order valence-electron chi connectivity index (χ3n) is 4.06. The van der Waals surface area contributed by atoms with E-state index < -0.39 is 0 Å². The molecule has 0 unspecified atom stereocenters. The Hall–Kier alpha value is -3.11. The lowest BCUT2D eigenvalue weighted by Crippen LogP contribution is -2.33. The Bertz CT molecular complexity index is 796. The molecule has 2 amide bonds. The van der Waals surface area contributed by atoms with E-state index in [2.05, 4.69) is 0 Å². The highest BCUT2D eigenvalue weighted by molar-refractivity contribution is 6.21. The first kappa shape index (κ1) is 15.8. The minimum atomic E-state index is -0.310. The number of carbonyl (C=O) groups excluding carboxylic acids is 3. The quantitative estimate of drug-likeness (QED) is 0.623. The summed E-state index contributed by atoms with van der Waals surface area (Å²) in [5.74, 6) is 1.69. The van der Waals surface area contributed by atoms with Crippen molar-refractivity contribution < 1.29 is 19.1 Å². The number of allylic oxidation sites excluding steroid dienone is 4. The molecule has 0 saturated carbocycles. The number of benzene rings is 1. The molecule has 0 spiro atoms. The smallest absolute Gasteiger partial charge is 0.261 e. The summed E-state index contributed by atoms with van der Waals surface area (Å²) in [7, 11) is 1.81.